The van der Waals surface area contributed by atoms with Crippen molar-refractivity contribution in [3.63, 3.8) is 0 Å². The van der Waals surface area contributed by atoms with Crippen LogP contribution in [-0.4, -0.2) is 10.2 Å². The fraction of sp³-hybridized carbons (Fsp3) is 0. The number of anilines is 2. The van der Waals surface area contributed by atoms with Gasteiger partial charge in [-0.2, -0.15) is 0 Å². The van der Waals surface area contributed by atoms with Gasteiger partial charge >= 0.3 is 0 Å². The second kappa shape index (κ2) is 14.4. The summed E-state index contributed by atoms with van der Waals surface area (Å²) in [5.74, 6) is 15.0. The number of fused-ring (bicyclic) bond motifs is 2. The third-order valence-electron chi connectivity index (χ3n) is 8.92. The number of hydrogen-bond donors (Lipinski definition) is 4. The van der Waals surface area contributed by atoms with Crippen molar-refractivity contribution in [2.24, 2.45) is 0 Å². The zero-order valence-corrected chi connectivity index (χ0v) is 28.9. The molecule has 0 radical (unpaired) electrons. The first kappa shape index (κ1) is 33.3. The third-order valence-corrected chi connectivity index (χ3v) is 8.92. The number of benzene rings is 8. The van der Waals surface area contributed by atoms with E-state index in [-0.39, 0.29) is 22.9 Å². The number of rotatable bonds is 5. The maximum Gasteiger partial charge on any atom is 0.138 e. The van der Waals surface area contributed by atoms with Gasteiger partial charge in [0.25, 0.3) is 0 Å². The molecule has 8 aromatic rings. The molecule has 0 unspecified atom stereocenters. The zero-order valence-electron chi connectivity index (χ0n) is 28.9. The molecule has 0 saturated heterocycles. The van der Waals surface area contributed by atoms with E-state index in [1.165, 1.54) is 12.1 Å². The van der Waals surface area contributed by atoms with Crippen LogP contribution in [0.3, 0.4) is 0 Å². The predicted molar refractivity (Wildman–Crippen MR) is 217 cm³/mol. The predicted octanol–water partition coefficient (Wildman–Crippen LogP) is 10.6. The molecular weight excluding hydrogens is 669 g/mol. The Morgan fingerprint density at radius 1 is 0.389 bits per heavy atom. The Morgan fingerprint density at radius 2 is 0.796 bits per heavy atom. The van der Waals surface area contributed by atoms with Gasteiger partial charge in [0.05, 0.1) is 11.4 Å². The fourth-order valence-corrected chi connectivity index (χ4v) is 6.24. The first-order valence-electron chi connectivity index (χ1n) is 17.2. The summed E-state index contributed by atoms with van der Waals surface area (Å²) in [6.45, 7) is 0. The molecule has 0 amide bonds. The second-order valence-corrected chi connectivity index (χ2v) is 12.6. The van der Waals surface area contributed by atoms with Crippen LogP contribution in [0.15, 0.2) is 158 Å². The summed E-state index contributed by atoms with van der Waals surface area (Å²) in [5.41, 5.74) is 17.6. The standard InChI is InChI=1S/C48H32N2O4/c49-41-29-37(19-23-43(41)51)53-45-25-17-35-27-33(13-11-31-7-3-1-4-8-31)15-21-39(35)47(45)48-40-22-16-34(14-12-32-9-5-2-6-10-32)28-36(40)18-26-46(48)54-38-20-24-44(52)42(50)30-38/h1-10,15-30,51-52H,49-50H2. The summed E-state index contributed by atoms with van der Waals surface area (Å²) in [4.78, 5) is 0. The summed E-state index contributed by atoms with van der Waals surface area (Å²) in [6.07, 6.45) is 0. The van der Waals surface area contributed by atoms with Gasteiger partial charge in [-0.1, -0.05) is 84.3 Å². The summed E-state index contributed by atoms with van der Waals surface area (Å²) in [5, 5.41) is 23.9. The molecule has 0 heterocycles. The molecule has 8 rings (SSSR count). The van der Waals surface area contributed by atoms with Crippen LogP contribution >= 0.6 is 0 Å². The van der Waals surface area contributed by atoms with E-state index in [2.05, 4.69) is 35.8 Å². The molecule has 0 aromatic heterocycles. The molecule has 8 aromatic carbocycles. The fourth-order valence-electron chi connectivity index (χ4n) is 6.24. The Morgan fingerprint density at radius 3 is 1.20 bits per heavy atom. The zero-order chi connectivity index (χ0) is 37.0. The largest absolute Gasteiger partial charge is 0.506 e. The first-order chi connectivity index (χ1) is 26.4. The van der Waals surface area contributed by atoms with Crippen LogP contribution in [-0.2, 0) is 0 Å². The molecule has 0 aliphatic heterocycles. The molecular formula is C48H32N2O4. The maximum atomic E-state index is 10.1. The van der Waals surface area contributed by atoms with Gasteiger partial charge in [-0.3, -0.25) is 0 Å². The quantitative estimate of drug-likeness (QED) is 0.0808. The van der Waals surface area contributed by atoms with E-state index in [1.807, 2.05) is 109 Å². The highest BCUT2D eigenvalue weighted by Crippen LogP contribution is 2.48. The number of nitrogen functional groups attached to an aromatic ring is 2. The Bertz CT molecular complexity index is 2630. The molecule has 6 heteroatoms. The summed E-state index contributed by atoms with van der Waals surface area (Å²) >= 11 is 0. The lowest BCUT2D eigenvalue weighted by atomic mass is 9.91. The molecule has 0 aliphatic rings. The van der Waals surface area contributed by atoms with Gasteiger partial charge in [-0.25, -0.2) is 0 Å². The highest BCUT2D eigenvalue weighted by molar-refractivity contribution is 6.10. The number of hydrogen-bond acceptors (Lipinski definition) is 6. The summed E-state index contributed by atoms with van der Waals surface area (Å²) in [6, 6.07) is 49.2. The average Bonchev–Trinajstić information content (AvgIpc) is 3.20. The van der Waals surface area contributed by atoms with E-state index in [1.54, 1.807) is 24.3 Å². The summed E-state index contributed by atoms with van der Waals surface area (Å²) < 4.78 is 13.2. The van der Waals surface area contributed by atoms with Crippen LogP contribution in [0.1, 0.15) is 22.3 Å². The molecule has 0 spiro atoms. The van der Waals surface area contributed by atoms with Crippen LogP contribution < -0.4 is 20.9 Å². The second-order valence-electron chi connectivity index (χ2n) is 12.6. The Labute approximate surface area is 312 Å². The smallest absolute Gasteiger partial charge is 0.138 e. The highest BCUT2D eigenvalue weighted by Gasteiger charge is 2.21. The maximum absolute atomic E-state index is 10.1. The van der Waals surface area contributed by atoms with Crippen molar-refractivity contribution in [2.75, 3.05) is 11.5 Å². The van der Waals surface area contributed by atoms with Crippen LogP contribution in [0.2, 0.25) is 0 Å². The first-order valence-corrected chi connectivity index (χ1v) is 17.2. The van der Waals surface area contributed by atoms with Gasteiger partial charge in [0, 0.05) is 45.5 Å². The molecule has 0 fully saturated rings. The van der Waals surface area contributed by atoms with Crippen molar-refractivity contribution in [1.82, 2.24) is 0 Å². The lowest BCUT2D eigenvalue weighted by Gasteiger charge is -2.20. The number of ether oxygens (including phenoxy) is 2. The van der Waals surface area contributed by atoms with Crippen LogP contribution in [0, 0.1) is 23.7 Å². The monoisotopic (exact) mass is 700 g/mol. The Balaban J connectivity index is 1.35. The van der Waals surface area contributed by atoms with Crippen molar-refractivity contribution >= 4 is 32.9 Å². The topological polar surface area (TPSA) is 111 Å². The number of nitrogens with two attached hydrogens (primary N) is 2. The molecule has 0 atom stereocenters. The molecule has 0 aliphatic carbocycles. The van der Waals surface area contributed by atoms with Gasteiger partial charge in [-0.05, 0) is 106 Å². The SMILES string of the molecule is Nc1cc(Oc2ccc3cc(C#Cc4ccccc4)ccc3c2-c2c(Oc3ccc(O)c(N)c3)ccc3cc(C#Cc4ccccc4)ccc23)ccc1O. The minimum atomic E-state index is -0.0331. The normalized spacial score (nSPS) is 10.6. The molecule has 54 heavy (non-hydrogen) atoms. The molecule has 6 N–H and O–H groups in total. The van der Waals surface area contributed by atoms with E-state index in [0.717, 1.165) is 54.9 Å². The lowest BCUT2D eigenvalue weighted by Crippen LogP contribution is -1.96. The average molecular weight is 701 g/mol. The Hall–Kier alpha value is -7.80. The van der Waals surface area contributed by atoms with Crippen LogP contribution in [0.4, 0.5) is 11.4 Å². The molecule has 6 nitrogen and oxygen atoms in total. The van der Waals surface area contributed by atoms with Gasteiger partial charge in [0.15, 0.2) is 0 Å². The van der Waals surface area contributed by atoms with Crippen molar-refractivity contribution in [3.05, 3.63) is 180 Å². The van der Waals surface area contributed by atoms with E-state index < -0.39 is 0 Å². The van der Waals surface area contributed by atoms with Crippen molar-refractivity contribution in [3.8, 4) is 69.3 Å². The Kier molecular flexibility index (Phi) is 8.92. The van der Waals surface area contributed by atoms with E-state index >= 15 is 0 Å². The van der Waals surface area contributed by atoms with Crippen LogP contribution in [0.5, 0.6) is 34.5 Å². The van der Waals surface area contributed by atoms with Crippen LogP contribution in [0.25, 0.3) is 32.7 Å². The van der Waals surface area contributed by atoms with Crippen molar-refractivity contribution in [2.45, 2.75) is 0 Å². The van der Waals surface area contributed by atoms with E-state index in [9.17, 15) is 10.2 Å². The highest BCUT2D eigenvalue weighted by atomic mass is 16.5. The van der Waals surface area contributed by atoms with Gasteiger partial charge in [0.2, 0.25) is 0 Å². The molecule has 258 valence electrons. The number of phenolic OH excluding ortho intramolecular Hbond substituents is 2. The van der Waals surface area contributed by atoms with Gasteiger partial charge in [0.1, 0.15) is 34.5 Å². The molecule has 0 saturated carbocycles. The summed E-state index contributed by atoms with van der Waals surface area (Å²) in [7, 11) is 0. The van der Waals surface area contributed by atoms with E-state index in [4.69, 9.17) is 20.9 Å². The van der Waals surface area contributed by atoms with E-state index in [0.29, 0.717) is 23.0 Å². The van der Waals surface area contributed by atoms with Gasteiger partial charge in [-0.15, -0.1) is 0 Å². The van der Waals surface area contributed by atoms with Crippen molar-refractivity contribution in [1.29, 1.82) is 0 Å². The number of phenols is 2. The lowest BCUT2D eigenvalue weighted by molar-refractivity contribution is 0.465. The third kappa shape index (κ3) is 7.05. The minimum Gasteiger partial charge on any atom is -0.506 e. The number of aromatic hydroxyl groups is 2. The van der Waals surface area contributed by atoms with Crippen molar-refractivity contribution < 1.29 is 19.7 Å². The minimum absolute atomic E-state index is 0.0331. The van der Waals surface area contributed by atoms with Gasteiger partial charge < -0.3 is 31.2 Å². The molecule has 0 bridgehead atoms.